The number of hydrogen-bond acceptors (Lipinski definition) is 4. The first-order chi connectivity index (χ1) is 15.4. The zero-order chi connectivity index (χ0) is 22.7. The van der Waals surface area contributed by atoms with Crippen LogP contribution in [-0.4, -0.2) is 21.9 Å². The van der Waals surface area contributed by atoms with Crippen molar-refractivity contribution in [3.63, 3.8) is 0 Å². The molecule has 32 heavy (non-hydrogen) atoms. The van der Waals surface area contributed by atoms with Crippen molar-refractivity contribution in [1.82, 2.24) is 10.2 Å². The Hall–Kier alpha value is -3.69. The lowest BCUT2D eigenvalue weighted by Gasteiger charge is -2.27. The van der Waals surface area contributed by atoms with Crippen LogP contribution < -0.4 is 5.32 Å². The second-order valence-electron chi connectivity index (χ2n) is 8.16. The molecule has 4 rings (SSSR count). The first-order valence-electron chi connectivity index (χ1n) is 10.2. The zero-order valence-electron chi connectivity index (χ0n) is 17.4. The number of carbonyl (C=O) groups is 2. The Bertz CT molecular complexity index is 1300. The van der Waals surface area contributed by atoms with E-state index in [0.717, 1.165) is 12.0 Å². The monoisotopic (exact) mass is 444 g/mol. The van der Waals surface area contributed by atoms with Gasteiger partial charge in [0, 0.05) is 16.1 Å². The maximum absolute atomic E-state index is 13.3. The Morgan fingerprint density at radius 2 is 2.09 bits per heavy atom. The highest BCUT2D eigenvalue weighted by Crippen LogP contribution is 2.34. The number of ketones is 1. The molecule has 1 aliphatic carbocycles. The molecule has 1 aromatic heterocycles. The number of aromatic amines is 1. The molecule has 6 nitrogen and oxygen atoms in total. The van der Waals surface area contributed by atoms with Gasteiger partial charge in [-0.1, -0.05) is 61.0 Å². The van der Waals surface area contributed by atoms with Crippen molar-refractivity contribution < 1.29 is 9.59 Å². The molecule has 2 N–H and O–H groups in total. The SMILES string of the molecule is CC1(Cc2cccc3[nH]nc(C(=O)C(C#N)C(=O)Nc4cccc(Cl)c4)c23)C=CC=CC1. The number of hydrogen-bond donors (Lipinski definition) is 2. The van der Waals surface area contributed by atoms with Gasteiger partial charge in [-0.3, -0.25) is 14.7 Å². The molecule has 7 heteroatoms. The zero-order valence-corrected chi connectivity index (χ0v) is 18.2. The van der Waals surface area contributed by atoms with Crippen LogP contribution in [0.2, 0.25) is 5.02 Å². The lowest BCUT2D eigenvalue weighted by Crippen LogP contribution is -2.29. The normalized spacial score (nSPS) is 18.3. The van der Waals surface area contributed by atoms with E-state index in [-0.39, 0.29) is 11.1 Å². The summed E-state index contributed by atoms with van der Waals surface area (Å²) < 4.78 is 0. The average Bonchev–Trinajstić information content (AvgIpc) is 3.20. The number of rotatable bonds is 6. The maximum Gasteiger partial charge on any atom is 0.249 e. The van der Waals surface area contributed by atoms with Crippen LogP contribution in [0.4, 0.5) is 5.69 Å². The third kappa shape index (κ3) is 4.34. The summed E-state index contributed by atoms with van der Waals surface area (Å²) in [5.41, 5.74) is 2.04. The highest BCUT2D eigenvalue weighted by Gasteiger charge is 2.32. The van der Waals surface area contributed by atoms with E-state index in [4.69, 9.17) is 11.6 Å². The van der Waals surface area contributed by atoms with Crippen molar-refractivity contribution in [2.45, 2.75) is 19.8 Å². The summed E-state index contributed by atoms with van der Waals surface area (Å²) in [5.74, 6) is -2.91. The number of nitrogens with one attached hydrogen (secondary N) is 2. The van der Waals surface area contributed by atoms with E-state index in [1.807, 2.05) is 36.4 Å². The largest absolute Gasteiger partial charge is 0.324 e. The van der Waals surface area contributed by atoms with E-state index >= 15 is 0 Å². The van der Waals surface area contributed by atoms with Gasteiger partial charge in [0.05, 0.1) is 11.6 Å². The predicted octanol–water partition coefficient (Wildman–Crippen LogP) is 5.24. The highest BCUT2D eigenvalue weighted by molar-refractivity contribution is 6.31. The molecule has 2 atom stereocenters. The van der Waals surface area contributed by atoms with Crippen molar-refractivity contribution in [1.29, 1.82) is 5.26 Å². The molecular weight excluding hydrogens is 424 g/mol. The number of anilines is 1. The molecular formula is C25H21ClN4O2. The van der Waals surface area contributed by atoms with Gasteiger partial charge >= 0.3 is 0 Å². The standard InChI is InChI=1S/C25H21ClN4O2/c1-25(11-3-2-4-12-25)14-16-7-5-10-20-21(16)22(30-29-20)23(31)19(15-27)24(32)28-18-9-6-8-17(26)13-18/h2-11,13,19H,12,14H2,1H3,(H,28,32)(H,29,30). The van der Waals surface area contributed by atoms with Crippen molar-refractivity contribution in [2.24, 2.45) is 11.3 Å². The first-order valence-corrected chi connectivity index (χ1v) is 10.6. The van der Waals surface area contributed by atoms with E-state index in [1.54, 1.807) is 24.3 Å². The quantitative estimate of drug-likeness (QED) is 0.401. The Morgan fingerprint density at radius 3 is 2.81 bits per heavy atom. The molecule has 0 bridgehead atoms. The molecule has 160 valence electrons. The summed E-state index contributed by atoms with van der Waals surface area (Å²) in [7, 11) is 0. The predicted molar refractivity (Wildman–Crippen MR) is 124 cm³/mol. The van der Waals surface area contributed by atoms with Gasteiger partial charge in [-0.15, -0.1) is 0 Å². The average molecular weight is 445 g/mol. The van der Waals surface area contributed by atoms with Crippen LogP contribution in [0.5, 0.6) is 0 Å². The number of Topliss-reactive ketones (excluding diaryl/α,β-unsaturated/α-hetero) is 1. The van der Waals surface area contributed by atoms with Gasteiger partial charge in [-0.05, 0) is 48.1 Å². The number of nitrogens with zero attached hydrogens (tertiary/aromatic N) is 2. The fourth-order valence-corrected chi connectivity index (χ4v) is 4.15. The molecule has 2 unspecified atom stereocenters. The van der Waals surface area contributed by atoms with Crippen molar-refractivity contribution in [3.05, 3.63) is 83.0 Å². The van der Waals surface area contributed by atoms with E-state index in [9.17, 15) is 14.9 Å². The minimum atomic E-state index is -1.54. The summed E-state index contributed by atoms with van der Waals surface area (Å²) in [6, 6.07) is 14.0. The van der Waals surface area contributed by atoms with E-state index in [1.165, 1.54) is 0 Å². The van der Waals surface area contributed by atoms with Crippen LogP contribution in [0.1, 0.15) is 29.4 Å². The second-order valence-corrected chi connectivity index (χ2v) is 8.60. The summed E-state index contributed by atoms with van der Waals surface area (Å²) in [6.45, 7) is 2.16. The van der Waals surface area contributed by atoms with Gasteiger partial charge in [0.1, 0.15) is 5.69 Å². The molecule has 3 aromatic rings. The van der Waals surface area contributed by atoms with Crippen LogP contribution in [-0.2, 0) is 11.2 Å². The highest BCUT2D eigenvalue weighted by atomic mass is 35.5. The lowest BCUT2D eigenvalue weighted by atomic mass is 9.77. The molecule has 1 amide bonds. The summed E-state index contributed by atoms with van der Waals surface area (Å²) in [5, 5.41) is 20.4. The Kier molecular flexibility index (Phi) is 5.93. The number of carbonyl (C=O) groups excluding carboxylic acids is 2. The first kappa shape index (κ1) is 21.5. The Labute approximate surface area is 190 Å². The number of allylic oxidation sites excluding steroid dienone is 4. The fourth-order valence-electron chi connectivity index (χ4n) is 3.96. The number of aromatic nitrogens is 2. The fraction of sp³-hybridized carbons (Fsp3) is 0.200. The molecule has 0 saturated heterocycles. The molecule has 0 spiro atoms. The third-order valence-corrected chi connectivity index (χ3v) is 5.81. The van der Waals surface area contributed by atoms with Crippen LogP contribution in [0.25, 0.3) is 10.9 Å². The van der Waals surface area contributed by atoms with E-state index < -0.39 is 17.6 Å². The smallest absolute Gasteiger partial charge is 0.249 e. The van der Waals surface area contributed by atoms with Crippen LogP contribution in [0.3, 0.4) is 0 Å². The van der Waals surface area contributed by atoms with Gasteiger partial charge in [0.15, 0.2) is 5.92 Å². The molecule has 1 heterocycles. The third-order valence-electron chi connectivity index (χ3n) is 5.58. The number of H-pyrrole nitrogens is 1. The molecule has 0 fully saturated rings. The lowest BCUT2D eigenvalue weighted by molar-refractivity contribution is -0.117. The minimum Gasteiger partial charge on any atom is -0.324 e. The van der Waals surface area contributed by atoms with Gasteiger partial charge < -0.3 is 5.32 Å². The van der Waals surface area contributed by atoms with Gasteiger partial charge in [0.25, 0.3) is 0 Å². The Morgan fingerprint density at radius 1 is 1.28 bits per heavy atom. The number of nitriles is 1. The molecule has 0 saturated carbocycles. The maximum atomic E-state index is 13.3. The minimum absolute atomic E-state index is 0.0980. The van der Waals surface area contributed by atoms with Crippen molar-refractivity contribution >= 4 is 39.9 Å². The topological polar surface area (TPSA) is 98.6 Å². The molecule has 1 aliphatic rings. The van der Waals surface area contributed by atoms with Crippen molar-refractivity contribution in [3.8, 4) is 6.07 Å². The van der Waals surface area contributed by atoms with Crippen LogP contribution in [0, 0.1) is 22.7 Å². The molecule has 0 radical (unpaired) electrons. The van der Waals surface area contributed by atoms with E-state index in [0.29, 0.717) is 28.0 Å². The Balaban J connectivity index is 1.65. The number of amides is 1. The van der Waals surface area contributed by atoms with Crippen LogP contribution >= 0.6 is 11.6 Å². The summed E-state index contributed by atoms with van der Waals surface area (Å²) in [6.07, 6.45) is 9.89. The molecule has 0 aliphatic heterocycles. The number of benzene rings is 2. The summed E-state index contributed by atoms with van der Waals surface area (Å²) in [4.78, 5) is 26.0. The van der Waals surface area contributed by atoms with Crippen LogP contribution in [0.15, 0.2) is 66.8 Å². The number of fused-ring (bicyclic) bond motifs is 1. The van der Waals surface area contributed by atoms with Gasteiger partial charge in [-0.2, -0.15) is 10.4 Å². The van der Waals surface area contributed by atoms with Gasteiger partial charge in [-0.25, -0.2) is 0 Å². The van der Waals surface area contributed by atoms with E-state index in [2.05, 4.69) is 34.6 Å². The second kappa shape index (κ2) is 8.81. The van der Waals surface area contributed by atoms with Crippen molar-refractivity contribution in [2.75, 3.05) is 5.32 Å². The summed E-state index contributed by atoms with van der Waals surface area (Å²) >= 11 is 5.95. The number of halogens is 1. The van der Waals surface area contributed by atoms with Gasteiger partial charge in [0.2, 0.25) is 11.7 Å². The molecule has 2 aromatic carbocycles.